The third-order valence-electron chi connectivity index (χ3n) is 5.33. The van der Waals surface area contributed by atoms with E-state index in [0.29, 0.717) is 0 Å². The summed E-state index contributed by atoms with van der Waals surface area (Å²) in [6.07, 6.45) is 5.76. The second-order valence-electron chi connectivity index (χ2n) is 7.56. The zero-order valence-electron chi connectivity index (χ0n) is 14.7. The van der Waals surface area contributed by atoms with Crippen molar-refractivity contribution in [1.82, 2.24) is 14.7 Å². The van der Waals surface area contributed by atoms with E-state index in [4.69, 9.17) is 0 Å². The molecule has 0 radical (unpaired) electrons. The van der Waals surface area contributed by atoms with Crippen molar-refractivity contribution in [1.29, 1.82) is 0 Å². The quantitative estimate of drug-likeness (QED) is 0.715. The van der Waals surface area contributed by atoms with Crippen LogP contribution in [0.3, 0.4) is 0 Å². The summed E-state index contributed by atoms with van der Waals surface area (Å²) in [6, 6.07) is 0. The van der Waals surface area contributed by atoms with Gasteiger partial charge in [0.15, 0.2) is 0 Å². The molecule has 0 amide bonds. The van der Waals surface area contributed by atoms with Gasteiger partial charge in [-0.15, -0.1) is 0 Å². The van der Waals surface area contributed by atoms with Crippen molar-refractivity contribution in [3.05, 3.63) is 0 Å². The highest BCUT2D eigenvalue weighted by atomic mass is 15.3. The smallest absolute Gasteiger partial charge is 0.0110 e. The molecule has 0 unspecified atom stereocenters. The third-order valence-corrected chi connectivity index (χ3v) is 5.33. The lowest BCUT2D eigenvalue weighted by molar-refractivity contribution is 0.128. The Balaban J connectivity index is 1.52. The summed E-state index contributed by atoms with van der Waals surface area (Å²) in [7, 11) is 0. The van der Waals surface area contributed by atoms with Gasteiger partial charge in [0.2, 0.25) is 0 Å². The molecule has 0 aromatic rings. The van der Waals surface area contributed by atoms with Gasteiger partial charge in [-0.2, -0.15) is 0 Å². The maximum Gasteiger partial charge on any atom is 0.0110 e. The van der Waals surface area contributed by atoms with E-state index in [1.165, 1.54) is 84.6 Å². The van der Waals surface area contributed by atoms with Crippen LogP contribution in [0.25, 0.3) is 0 Å². The van der Waals surface area contributed by atoms with Crippen LogP contribution in [0.4, 0.5) is 0 Å². The van der Waals surface area contributed by atoms with Gasteiger partial charge in [0.1, 0.15) is 0 Å². The van der Waals surface area contributed by atoms with E-state index in [9.17, 15) is 0 Å². The molecule has 21 heavy (non-hydrogen) atoms. The Labute approximate surface area is 132 Å². The molecule has 0 saturated carbocycles. The van der Waals surface area contributed by atoms with E-state index >= 15 is 0 Å². The van der Waals surface area contributed by atoms with Gasteiger partial charge in [0, 0.05) is 32.7 Å². The molecule has 0 spiro atoms. The lowest BCUT2D eigenvalue weighted by atomic mass is 9.91. The fourth-order valence-electron chi connectivity index (χ4n) is 3.91. The summed E-state index contributed by atoms with van der Waals surface area (Å²) >= 11 is 0. The molecule has 2 aliphatic heterocycles. The number of likely N-dealkylation sites (N-methyl/N-ethyl adjacent to an activating group) is 1. The number of piperidine rings is 1. The average molecular weight is 296 g/mol. The van der Waals surface area contributed by atoms with Crippen LogP contribution < -0.4 is 0 Å². The van der Waals surface area contributed by atoms with E-state index in [0.717, 1.165) is 11.8 Å². The summed E-state index contributed by atoms with van der Waals surface area (Å²) in [6.45, 7) is 18.7. The van der Waals surface area contributed by atoms with Gasteiger partial charge in [0.25, 0.3) is 0 Å². The van der Waals surface area contributed by atoms with Crippen molar-refractivity contribution in [3.8, 4) is 0 Å². The Morgan fingerprint density at radius 1 is 0.857 bits per heavy atom. The molecule has 2 saturated heterocycles. The van der Waals surface area contributed by atoms with Crippen LogP contribution in [0.2, 0.25) is 0 Å². The van der Waals surface area contributed by atoms with Crippen molar-refractivity contribution < 1.29 is 0 Å². The highest BCUT2D eigenvalue weighted by Crippen LogP contribution is 2.22. The Kier molecular flexibility index (Phi) is 7.48. The van der Waals surface area contributed by atoms with Crippen LogP contribution in [0.5, 0.6) is 0 Å². The Bertz CT molecular complexity index is 264. The summed E-state index contributed by atoms with van der Waals surface area (Å²) < 4.78 is 0. The molecule has 0 atom stereocenters. The number of piperazine rings is 1. The first kappa shape index (κ1) is 17.2. The Morgan fingerprint density at radius 2 is 1.48 bits per heavy atom. The van der Waals surface area contributed by atoms with Crippen LogP contribution in [0, 0.1) is 11.8 Å². The summed E-state index contributed by atoms with van der Waals surface area (Å²) in [5, 5.41) is 0. The van der Waals surface area contributed by atoms with Gasteiger partial charge in [-0.1, -0.05) is 20.8 Å². The number of hydrogen-bond donors (Lipinski definition) is 0. The van der Waals surface area contributed by atoms with E-state index < -0.39 is 0 Å². The van der Waals surface area contributed by atoms with Gasteiger partial charge in [-0.3, -0.25) is 0 Å². The number of nitrogens with zero attached hydrogens (tertiary/aromatic N) is 3. The van der Waals surface area contributed by atoms with Crippen LogP contribution in [-0.4, -0.2) is 73.6 Å². The van der Waals surface area contributed by atoms with E-state index in [1.54, 1.807) is 0 Å². The van der Waals surface area contributed by atoms with Gasteiger partial charge >= 0.3 is 0 Å². The summed E-state index contributed by atoms with van der Waals surface area (Å²) in [5.41, 5.74) is 0. The van der Waals surface area contributed by atoms with Gasteiger partial charge in [-0.05, 0) is 63.7 Å². The standard InChI is InChI=1S/C18H37N3/c1-4-19-12-14-20(15-13-19)9-5-6-18-7-10-21(11-8-18)16-17(2)3/h17-18H,4-16H2,1-3H3. The molecule has 0 N–H and O–H groups in total. The molecular formula is C18H37N3. The molecule has 2 fully saturated rings. The van der Waals surface area contributed by atoms with Gasteiger partial charge < -0.3 is 14.7 Å². The minimum atomic E-state index is 0.823. The van der Waals surface area contributed by atoms with Gasteiger partial charge in [-0.25, -0.2) is 0 Å². The van der Waals surface area contributed by atoms with Crippen molar-refractivity contribution in [2.45, 2.75) is 46.5 Å². The molecule has 2 aliphatic rings. The minimum absolute atomic E-state index is 0.823. The highest BCUT2D eigenvalue weighted by Gasteiger charge is 2.20. The fourth-order valence-corrected chi connectivity index (χ4v) is 3.91. The van der Waals surface area contributed by atoms with Crippen LogP contribution in [-0.2, 0) is 0 Å². The fraction of sp³-hybridized carbons (Fsp3) is 1.00. The highest BCUT2D eigenvalue weighted by molar-refractivity contribution is 4.75. The monoisotopic (exact) mass is 295 g/mol. The van der Waals surface area contributed by atoms with Crippen LogP contribution in [0.15, 0.2) is 0 Å². The van der Waals surface area contributed by atoms with Crippen LogP contribution in [0.1, 0.15) is 46.5 Å². The number of hydrogen-bond acceptors (Lipinski definition) is 3. The molecular weight excluding hydrogens is 258 g/mol. The molecule has 0 aromatic carbocycles. The predicted octanol–water partition coefficient (Wildman–Crippen LogP) is 2.77. The number of rotatable bonds is 7. The predicted molar refractivity (Wildman–Crippen MR) is 91.8 cm³/mol. The largest absolute Gasteiger partial charge is 0.303 e. The molecule has 0 aliphatic carbocycles. The SMILES string of the molecule is CCN1CCN(CCCC2CCN(CC(C)C)CC2)CC1. The van der Waals surface area contributed by atoms with Crippen molar-refractivity contribution in [2.75, 3.05) is 58.9 Å². The molecule has 124 valence electrons. The van der Waals surface area contributed by atoms with Gasteiger partial charge in [0.05, 0.1) is 0 Å². The molecule has 3 nitrogen and oxygen atoms in total. The van der Waals surface area contributed by atoms with E-state index in [2.05, 4.69) is 35.5 Å². The molecule has 2 rings (SSSR count). The summed E-state index contributed by atoms with van der Waals surface area (Å²) in [4.78, 5) is 7.92. The third kappa shape index (κ3) is 6.25. The van der Waals surface area contributed by atoms with E-state index in [-0.39, 0.29) is 0 Å². The lowest BCUT2D eigenvalue weighted by Gasteiger charge is -2.35. The second-order valence-corrected chi connectivity index (χ2v) is 7.56. The first-order valence-corrected chi connectivity index (χ1v) is 9.34. The minimum Gasteiger partial charge on any atom is -0.303 e. The topological polar surface area (TPSA) is 9.72 Å². The maximum absolute atomic E-state index is 2.68. The van der Waals surface area contributed by atoms with Crippen molar-refractivity contribution >= 4 is 0 Å². The molecule has 0 aromatic heterocycles. The average Bonchev–Trinajstić information content (AvgIpc) is 2.49. The Morgan fingerprint density at radius 3 is 2.05 bits per heavy atom. The maximum atomic E-state index is 2.68. The lowest BCUT2D eigenvalue weighted by Crippen LogP contribution is -2.46. The molecule has 0 bridgehead atoms. The number of likely N-dealkylation sites (tertiary alicyclic amines) is 1. The van der Waals surface area contributed by atoms with Crippen LogP contribution >= 0.6 is 0 Å². The zero-order valence-corrected chi connectivity index (χ0v) is 14.7. The normalized spacial score (nSPS) is 24.0. The first-order chi connectivity index (χ1) is 10.2. The second kappa shape index (κ2) is 9.12. The van der Waals surface area contributed by atoms with Crippen molar-refractivity contribution in [2.24, 2.45) is 11.8 Å². The van der Waals surface area contributed by atoms with E-state index in [1.807, 2.05) is 0 Å². The molecule has 3 heteroatoms. The van der Waals surface area contributed by atoms with Crippen molar-refractivity contribution in [3.63, 3.8) is 0 Å². The Hall–Kier alpha value is -0.120. The first-order valence-electron chi connectivity index (χ1n) is 9.34. The zero-order chi connectivity index (χ0) is 15.1. The summed E-state index contributed by atoms with van der Waals surface area (Å²) in [5.74, 6) is 1.83. The molecule has 2 heterocycles.